The van der Waals surface area contributed by atoms with E-state index in [1.807, 2.05) is 279 Å². The third kappa shape index (κ3) is 18.2. The van der Waals surface area contributed by atoms with Gasteiger partial charge in [-0.15, -0.1) is 0 Å². The first-order chi connectivity index (χ1) is 56.7. The fraction of sp³-hybridized carbons (Fsp3) is 0.274. The van der Waals surface area contributed by atoms with Gasteiger partial charge < -0.3 is 41.9 Å². The minimum absolute atomic E-state index is 0.0197. The van der Waals surface area contributed by atoms with Crippen LogP contribution in [0.25, 0.3) is 60.3 Å². The number of para-hydroxylation sites is 2. The van der Waals surface area contributed by atoms with E-state index in [1.54, 1.807) is 18.2 Å². The lowest BCUT2D eigenvalue weighted by molar-refractivity contribution is 0.0596. The molecule has 15 aromatic rings. The summed E-state index contributed by atoms with van der Waals surface area (Å²) in [4.78, 5) is 107. The van der Waals surface area contributed by atoms with Crippen LogP contribution >= 0.6 is 15.9 Å². The average molecular weight is 1630 g/mol. The highest BCUT2D eigenvalue weighted by Crippen LogP contribution is 2.36. The first kappa shape index (κ1) is 82.8. The van der Waals surface area contributed by atoms with Crippen molar-refractivity contribution in [2.75, 3.05) is 39.3 Å². The molecule has 0 saturated heterocycles. The van der Waals surface area contributed by atoms with Crippen LogP contribution < -0.4 is 33.9 Å². The summed E-state index contributed by atoms with van der Waals surface area (Å²) >= 11 is 3.56. The minimum atomic E-state index is -0.460. The Hall–Kier alpha value is -12.2. The number of carbonyl (C=O) groups is 3. The number of hydrogen-bond donors (Lipinski definition) is 5. The van der Waals surface area contributed by atoms with Crippen molar-refractivity contribution in [2.24, 2.45) is 29.0 Å². The Bertz CT molecular complexity index is 6180. The molecule has 8 N–H and O–H groups in total. The molecule has 6 aromatic heterocycles. The van der Waals surface area contributed by atoms with Crippen LogP contribution in [0, 0.1) is 32.6 Å². The molecule has 0 fully saturated rings. The lowest BCUT2D eigenvalue weighted by Crippen LogP contribution is -2.42. The zero-order chi connectivity index (χ0) is 82.6. The van der Waals surface area contributed by atoms with Gasteiger partial charge in [0.1, 0.15) is 39.2 Å². The number of aromatic nitrogens is 9. The van der Waals surface area contributed by atoms with Crippen LogP contribution in [0.15, 0.2) is 255 Å². The van der Waals surface area contributed by atoms with E-state index in [0.29, 0.717) is 146 Å². The first-order valence-electron chi connectivity index (χ1n) is 40.3. The van der Waals surface area contributed by atoms with Gasteiger partial charge in [-0.25, -0.2) is 14.5 Å². The van der Waals surface area contributed by atoms with E-state index in [4.69, 9.17) is 32.3 Å². The maximum atomic E-state index is 14.2. The van der Waals surface area contributed by atoms with E-state index >= 15 is 0 Å². The Morgan fingerprint density at radius 2 is 0.812 bits per heavy atom. The zero-order valence-electron chi connectivity index (χ0n) is 67.6. The predicted octanol–water partition coefficient (Wildman–Crippen LogP) is 16.6. The maximum Gasteiger partial charge on any atom is 0.278 e. The van der Waals surface area contributed by atoms with Crippen molar-refractivity contribution in [3.05, 3.63) is 340 Å². The van der Waals surface area contributed by atoms with Gasteiger partial charge in [0, 0.05) is 68.0 Å². The molecule has 0 aliphatic rings. The van der Waals surface area contributed by atoms with E-state index in [2.05, 4.69) is 53.6 Å². The number of hydrogen-bond acceptors (Lipinski definition) is 12. The van der Waals surface area contributed by atoms with Crippen molar-refractivity contribution in [1.82, 2.24) is 58.0 Å². The third-order valence-corrected chi connectivity index (χ3v) is 22.0. The number of rotatable bonds is 27. The van der Waals surface area contributed by atoms with E-state index in [1.165, 1.54) is 0 Å². The molecule has 15 rings (SSSR count). The van der Waals surface area contributed by atoms with Crippen molar-refractivity contribution >= 4 is 93.9 Å². The summed E-state index contributed by atoms with van der Waals surface area (Å²) < 4.78 is 7.82. The molecule has 117 heavy (non-hydrogen) atoms. The fourth-order valence-electron chi connectivity index (χ4n) is 15.5. The van der Waals surface area contributed by atoms with Gasteiger partial charge in [-0.2, -0.15) is 5.10 Å². The molecule has 9 aromatic carbocycles. The van der Waals surface area contributed by atoms with Gasteiger partial charge in [0.05, 0.1) is 43.3 Å². The average Bonchev–Trinajstić information content (AvgIpc) is 1.66. The highest BCUT2D eigenvalue weighted by Gasteiger charge is 2.37. The van der Waals surface area contributed by atoms with Crippen LogP contribution in [0.4, 0.5) is 0 Å². The monoisotopic (exact) mass is 1630 g/mol. The summed E-state index contributed by atoms with van der Waals surface area (Å²) in [7, 11) is 0. The van der Waals surface area contributed by atoms with Crippen molar-refractivity contribution in [3.63, 3.8) is 0 Å². The standard InChI is InChI=1S/C32H34BrN5O2.C32H35N5O2.C31H33N5O2/c1-20(2)29(37(17-7-16-34)31(39)23-12-10-21(3)11-13-23)30-36-27-25-18-24(33)14-15-26(25)35-28(27)32(40)38(30)19-22-8-5-4-6-9-22;1-21(2)29(36(19-9-18-33)31(38)24-16-14-22(3)15-17-24)30-35-27-25-12-7-8-13-26(25)34-28(27)32(39)37(30)20-23-10-5-4-6-11-23;1-3-26(34(19-9-18-32)30(37)24-16-14-22(2)15-17-24)29-33-36-27-13-8-7-12-25(27)20-28(36)31(38)35(29)21-23-10-5-4-6-11-23/h4-6,8-15,18,20,29,35H,7,16-17,19,34H2,1-3H3;4-8,10-17,21,29,34H,9,18-20,33H2,1-3H3;4-8,10-17,20,26H,3,9,18-19,21,32H2,1-2H3. The largest absolute Gasteiger partial charge is 0.349 e. The summed E-state index contributed by atoms with van der Waals surface area (Å²) in [5.74, 6) is 1.36. The van der Waals surface area contributed by atoms with Crippen molar-refractivity contribution in [2.45, 2.75) is 119 Å². The molecular formula is C95H102BrN15O6. The maximum absolute atomic E-state index is 14.2. The lowest BCUT2D eigenvalue weighted by Gasteiger charge is -2.35. The number of halogens is 1. The number of nitrogens with two attached hydrogens (primary N) is 3. The van der Waals surface area contributed by atoms with Gasteiger partial charge in [-0.1, -0.05) is 231 Å². The van der Waals surface area contributed by atoms with Gasteiger partial charge in [0.2, 0.25) is 0 Å². The normalized spacial score (nSPS) is 12.3. The van der Waals surface area contributed by atoms with Gasteiger partial charge in [-0.05, 0) is 167 Å². The molecule has 0 aliphatic heterocycles. The minimum Gasteiger partial charge on any atom is -0.349 e. The van der Waals surface area contributed by atoms with Crippen LogP contribution in [0.5, 0.6) is 0 Å². The Balaban J connectivity index is 0.000000152. The molecule has 0 bridgehead atoms. The number of H-pyrrole nitrogens is 2. The third-order valence-electron chi connectivity index (χ3n) is 21.5. The Morgan fingerprint density at radius 3 is 1.25 bits per heavy atom. The molecule has 0 spiro atoms. The second-order valence-electron chi connectivity index (χ2n) is 30.7. The fourth-order valence-corrected chi connectivity index (χ4v) is 15.9. The van der Waals surface area contributed by atoms with Gasteiger partial charge >= 0.3 is 0 Å². The number of amides is 3. The van der Waals surface area contributed by atoms with E-state index in [9.17, 15) is 28.8 Å². The highest BCUT2D eigenvalue weighted by molar-refractivity contribution is 9.10. The van der Waals surface area contributed by atoms with Crippen LogP contribution in [0.2, 0.25) is 0 Å². The summed E-state index contributed by atoms with van der Waals surface area (Å²) in [6.45, 7) is 20.1. The molecule has 0 saturated carbocycles. The Kier molecular flexibility index (Phi) is 26.6. The molecular weight excluding hydrogens is 1530 g/mol. The summed E-state index contributed by atoms with van der Waals surface area (Å²) in [5.41, 5.74) is 30.5. The smallest absolute Gasteiger partial charge is 0.278 e. The molecule has 6 heterocycles. The van der Waals surface area contributed by atoms with Crippen molar-refractivity contribution in [1.29, 1.82) is 0 Å². The first-order valence-corrected chi connectivity index (χ1v) is 41.1. The molecule has 0 aliphatic carbocycles. The second-order valence-corrected chi connectivity index (χ2v) is 31.6. The number of aromatic amines is 2. The summed E-state index contributed by atoms with van der Waals surface area (Å²) in [6, 6.07) is 74.5. The molecule has 600 valence electrons. The van der Waals surface area contributed by atoms with E-state index < -0.39 is 18.1 Å². The van der Waals surface area contributed by atoms with Crippen LogP contribution in [0.3, 0.4) is 0 Å². The number of carbonyl (C=O) groups excluding carboxylic acids is 3. The van der Waals surface area contributed by atoms with Crippen molar-refractivity contribution in [3.8, 4) is 0 Å². The SMILES string of the molecule is CCC(c1nn2c(cc3ccccc32)c(=O)n1Cc1ccccc1)N(CCCN)C(=O)c1ccc(C)cc1.Cc1ccc(C(=O)N(CCCN)C(c2nc3c([nH]c4ccc(Br)cc43)c(=O)n2Cc2ccccc2)C(C)C)cc1.Cc1ccc(C(=O)N(CCCN)C(c2nc3c([nH]c4ccccc43)c(=O)n2Cc2ccccc2)C(C)C)cc1. The zero-order valence-corrected chi connectivity index (χ0v) is 69.2. The van der Waals surface area contributed by atoms with Gasteiger partial charge in [0.25, 0.3) is 34.4 Å². The van der Waals surface area contributed by atoms with Crippen molar-refractivity contribution < 1.29 is 14.4 Å². The quantitative estimate of drug-likeness (QED) is 0.0321. The van der Waals surface area contributed by atoms with Gasteiger partial charge in [0.15, 0.2) is 5.82 Å². The number of nitrogens with one attached hydrogen (secondary N) is 2. The van der Waals surface area contributed by atoms with E-state index in [-0.39, 0.29) is 46.2 Å². The molecule has 3 unspecified atom stereocenters. The summed E-state index contributed by atoms with van der Waals surface area (Å²) in [6.07, 6.45) is 2.50. The van der Waals surface area contributed by atoms with Gasteiger partial charge in [-0.3, -0.25) is 42.5 Å². The Labute approximate surface area is 688 Å². The number of fused-ring (bicyclic) bond motifs is 9. The predicted molar refractivity (Wildman–Crippen MR) is 473 cm³/mol. The van der Waals surface area contributed by atoms with Crippen LogP contribution in [-0.2, 0) is 19.6 Å². The summed E-state index contributed by atoms with van der Waals surface area (Å²) in [5, 5.41) is 7.76. The molecule has 3 atom stereocenters. The molecule has 21 nitrogen and oxygen atoms in total. The molecule has 0 radical (unpaired) electrons. The number of benzene rings is 9. The number of aryl methyl sites for hydroxylation is 3. The van der Waals surface area contributed by atoms with E-state index in [0.717, 1.165) is 70.6 Å². The van der Waals surface area contributed by atoms with Crippen LogP contribution in [0.1, 0.15) is 160 Å². The number of nitrogens with zero attached hydrogens (tertiary/aromatic N) is 10. The molecule has 22 heteroatoms. The molecule has 3 amide bonds. The lowest BCUT2D eigenvalue weighted by atomic mass is 9.98. The Morgan fingerprint density at radius 1 is 0.427 bits per heavy atom. The topological polar surface area (TPSA) is 280 Å². The second kappa shape index (κ2) is 37.6. The highest BCUT2D eigenvalue weighted by atomic mass is 79.9. The van der Waals surface area contributed by atoms with Crippen LogP contribution in [-0.4, -0.2) is 115 Å².